The van der Waals surface area contributed by atoms with Crippen LogP contribution in [0.25, 0.3) is 0 Å². The molecule has 0 bridgehead atoms. The molecule has 11 heavy (non-hydrogen) atoms. The minimum absolute atomic E-state index is 0.206. The molecule has 0 atom stereocenters. The van der Waals surface area contributed by atoms with Gasteiger partial charge >= 0.3 is 5.97 Å². The lowest BCUT2D eigenvalue weighted by Gasteiger charge is -1.96. The van der Waals surface area contributed by atoms with Crippen LogP contribution in [-0.2, 0) is 11.3 Å². The Morgan fingerprint density at radius 2 is 2.55 bits per heavy atom. The van der Waals surface area contributed by atoms with Crippen molar-refractivity contribution in [3.63, 3.8) is 0 Å². The van der Waals surface area contributed by atoms with Crippen molar-refractivity contribution in [2.45, 2.75) is 6.54 Å². The van der Waals surface area contributed by atoms with Gasteiger partial charge in [-0.1, -0.05) is 0 Å². The second kappa shape index (κ2) is 3.21. The highest BCUT2D eigenvalue weighted by Gasteiger charge is 2.12. The lowest BCUT2D eigenvalue weighted by Crippen LogP contribution is -2.05. The van der Waals surface area contributed by atoms with Crippen LogP contribution in [0.3, 0.4) is 0 Å². The van der Waals surface area contributed by atoms with Crippen molar-refractivity contribution in [2.75, 3.05) is 7.11 Å². The van der Waals surface area contributed by atoms with Gasteiger partial charge in [0.25, 0.3) is 0 Å². The SMILES string of the molecule is COC(=O)c1ccoc1CN. The monoisotopic (exact) mass is 155 g/mol. The van der Waals surface area contributed by atoms with Gasteiger partial charge in [-0.25, -0.2) is 4.79 Å². The number of esters is 1. The summed E-state index contributed by atoms with van der Waals surface area (Å²) in [5.74, 6) is 0.0380. The molecule has 0 aliphatic carbocycles. The number of rotatable bonds is 2. The summed E-state index contributed by atoms with van der Waals surface area (Å²) in [7, 11) is 1.32. The zero-order valence-corrected chi connectivity index (χ0v) is 6.16. The van der Waals surface area contributed by atoms with Gasteiger partial charge in [0.1, 0.15) is 11.3 Å². The van der Waals surface area contributed by atoms with Crippen LogP contribution in [0.1, 0.15) is 16.1 Å². The molecule has 2 N–H and O–H groups in total. The summed E-state index contributed by atoms with van der Waals surface area (Å²) < 4.78 is 9.39. The Morgan fingerprint density at radius 3 is 3.09 bits per heavy atom. The molecule has 4 heteroatoms. The summed E-state index contributed by atoms with van der Waals surface area (Å²) in [6.45, 7) is 0.206. The van der Waals surface area contributed by atoms with E-state index in [1.54, 1.807) is 0 Å². The van der Waals surface area contributed by atoms with E-state index in [1.165, 1.54) is 19.4 Å². The van der Waals surface area contributed by atoms with Crippen LogP contribution < -0.4 is 5.73 Å². The summed E-state index contributed by atoms with van der Waals surface area (Å²) >= 11 is 0. The minimum atomic E-state index is -0.417. The van der Waals surface area contributed by atoms with Crippen molar-refractivity contribution in [2.24, 2.45) is 5.73 Å². The predicted molar refractivity (Wildman–Crippen MR) is 37.9 cm³/mol. The Kier molecular flexibility index (Phi) is 2.28. The van der Waals surface area contributed by atoms with Crippen molar-refractivity contribution in [1.29, 1.82) is 0 Å². The quantitative estimate of drug-likeness (QED) is 0.632. The number of hydrogen-bond donors (Lipinski definition) is 1. The first-order valence-electron chi connectivity index (χ1n) is 3.14. The normalized spacial score (nSPS) is 9.64. The van der Waals surface area contributed by atoms with E-state index in [0.29, 0.717) is 11.3 Å². The van der Waals surface area contributed by atoms with Gasteiger partial charge in [-0.3, -0.25) is 0 Å². The minimum Gasteiger partial charge on any atom is -0.467 e. The van der Waals surface area contributed by atoms with E-state index in [2.05, 4.69) is 4.74 Å². The smallest absolute Gasteiger partial charge is 0.341 e. The fraction of sp³-hybridized carbons (Fsp3) is 0.286. The van der Waals surface area contributed by atoms with Crippen LogP contribution in [0, 0.1) is 0 Å². The molecule has 0 fully saturated rings. The first kappa shape index (κ1) is 7.81. The van der Waals surface area contributed by atoms with Gasteiger partial charge < -0.3 is 14.9 Å². The lowest BCUT2D eigenvalue weighted by molar-refractivity contribution is 0.0598. The largest absolute Gasteiger partial charge is 0.467 e. The average Bonchev–Trinajstić information content (AvgIpc) is 2.50. The molecule has 0 spiro atoms. The number of carbonyl (C=O) groups excluding carboxylic acids is 1. The second-order valence-corrected chi connectivity index (χ2v) is 1.95. The van der Waals surface area contributed by atoms with Crippen molar-refractivity contribution in [3.8, 4) is 0 Å². The second-order valence-electron chi connectivity index (χ2n) is 1.95. The van der Waals surface area contributed by atoms with Crippen molar-refractivity contribution in [1.82, 2.24) is 0 Å². The first-order chi connectivity index (χ1) is 5.29. The van der Waals surface area contributed by atoms with E-state index in [4.69, 9.17) is 10.2 Å². The number of hydrogen-bond acceptors (Lipinski definition) is 4. The Bertz CT molecular complexity index is 254. The third-order valence-electron chi connectivity index (χ3n) is 1.34. The number of carbonyl (C=O) groups is 1. The molecular weight excluding hydrogens is 146 g/mol. The standard InChI is InChI=1S/C7H9NO3/c1-10-7(9)5-2-3-11-6(5)4-8/h2-3H,4,8H2,1H3. The third-order valence-corrected chi connectivity index (χ3v) is 1.34. The fourth-order valence-electron chi connectivity index (χ4n) is 0.791. The number of ether oxygens (including phenoxy) is 1. The Hall–Kier alpha value is -1.29. The van der Waals surface area contributed by atoms with Crippen LogP contribution >= 0.6 is 0 Å². The number of furan rings is 1. The fourth-order valence-corrected chi connectivity index (χ4v) is 0.791. The van der Waals surface area contributed by atoms with Crippen LogP contribution in [0.15, 0.2) is 16.7 Å². The van der Waals surface area contributed by atoms with Crippen molar-refractivity contribution < 1.29 is 13.9 Å². The molecule has 1 rings (SSSR count). The van der Waals surface area contributed by atoms with Gasteiger partial charge in [0.2, 0.25) is 0 Å². The Morgan fingerprint density at radius 1 is 1.82 bits per heavy atom. The molecule has 0 unspecified atom stereocenters. The predicted octanol–water partition coefficient (Wildman–Crippen LogP) is 0.525. The summed E-state index contributed by atoms with van der Waals surface area (Å²) in [4.78, 5) is 10.9. The van der Waals surface area contributed by atoms with Crippen molar-refractivity contribution in [3.05, 3.63) is 23.7 Å². The third kappa shape index (κ3) is 1.40. The molecule has 60 valence electrons. The molecule has 1 aromatic heterocycles. The van der Waals surface area contributed by atoms with Gasteiger partial charge in [0.15, 0.2) is 0 Å². The lowest BCUT2D eigenvalue weighted by atomic mass is 10.2. The van der Waals surface area contributed by atoms with Crippen LogP contribution in [0.4, 0.5) is 0 Å². The summed E-state index contributed by atoms with van der Waals surface area (Å²) in [5.41, 5.74) is 5.68. The highest BCUT2D eigenvalue weighted by atomic mass is 16.5. The van der Waals surface area contributed by atoms with Gasteiger partial charge in [-0.05, 0) is 6.07 Å². The van der Waals surface area contributed by atoms with E-state index in [1.807, 2.05) is 0 Å². The molecular formula is C7H9NO3. The highest BCUT2D eigenvalue weighted by molar-refractivity contribution is 5.90. The van der Waals surface area contributed by atoms with Gasteiger partial charge in [-0.15, -0.1) is 0 Å². The van der Waals surface area contributed by atoms with E-state index in [9.17, 15) is 4.79 Å². The van der Waals surface area contributed by atoms with E-state index >= 15 is 0 Å². The van der Waals surface area contributed by atoms with Gasteiger partial charge in [0, 0.05) is 0 Å². The Labute approximate surface area is 63.9 Å². The molecule has 0 radical (unpaired) electrons. The molecule has 0 aromatic carbocycles. The van der Waals surface area contributed by atoms with E-state index < -0.39 is 5.97 Å². The summed E-state index contributed by atoms with van der Waals surface area (Å²) in [6, 6.07) is 1.54. The molecule has 1 heterocycles. The highest BCUT2D eigenvalue weighted by Crippen LogP contribution is 2.10. The average molecular weight is 155 g/mol. The molecule has 0 amide bonds. The van der Waals surface area contributed by atoms with E-state index in [0.717, 1.165) is 0 Å². The molecule has 1 aromatic rings. The molecule has 0 aliphatic heterocycles. The first-order valence-corrected chi connectivity index (χ1v) is 3.14. The maximum absolute atomic E-state index is 10.9. The molecule has 0 saturated heterocycles. The molecule has 4 nitrogen and oxygen atoms in total. The zero-order valence-electron chi connectivity index (χ0n) is 6.16. The maximum atomic E-state index is 10.9. The van der Waals surface area contributed by atoms with E-state index in [-0.39, 0.29) is 6.54 Å². The summed E-state index contributed by atoms with van der Waals surface area (Å²) in [5, 5.41) is 0. The van der Waals surface area contributed by atoms with Gasteiger partial charge in [-0.2, -0.15) is 0 Å². The van der Waals surface area contributed by atoms with Crippen LogP contribution in [-0.4, -0.2) is 13.1 Å². The molecule has 0 saturated carbocycles. The number of nitrogens with two attached hydrogens (primary N) is 1. The van der Waals surface area contributed by atoms with Crippen molar-refractivity contribution >= 4 is 5.97 Å². The molecule has 0 aliphatic rings. The van der Waals surface area contributed by atoms with Crippen LogP contribution in [0.2, 0.25) is 0 Å². The summed E-state index contributed by atoms with van der Waals surface area (Å²) in [6.07, 6.45) is 1.41. The Balaban J connectivity index is 2.92. The van der Waals surface area contributed by atoms with Crippen LogP contribution in [0.5, 0.6) is 0 Å². The zero-order chi connectivity index (χ0) is 8.27. The number of methoxy groups -OCH3 is 1. The maximum Gasteiger partial charge on any atom is 0.341 e. The van der Waals surface area contributed by atoms with Gasteiger partial charge in [0.05, 0.1) is 19.9 Å². The topological polar surface area (TPSA) is 65.5 Å².